The molecule has 0 unspecified atom stereocenters. The first-order chi connectivity index (χ1) is 12.4. The van der Waals surface area contributed by atoms with Crippen LogP contribution in [-0.4, -0.2) is 52.9 Å². The molecule has 3 N–H and O–H groups in total. The average Bonchev–Trinajstić information content (AvgIpc) is 3.15. The van der Waals surface area contributed by atoms with E-state index in [1.54, 1.807) is 28.3 Å². The van der Waals surface area contributed by atoms with Gasteiger partial charge >= 0.3 is 6.09 Å². The number of nitrogens with zero attached hydrogens (tertiary/aromatic N) is 6. The van der Waals surface area contributed by atoms with Crippen LogP contribution in [0, 0.1) is 6.92 Å². The van der Waals surface area contributed by atoms with E-state index in [4.69, 9.17) is 17.3 Å². The lowest BCUT2D eigenvalue weighted by atomic mass is 10.1. The van der Waals surface area contributed by atoms with Crippen molar-refractivity contribution in [2.24, 2.45) is 5.73 Å². The highest BCUT2D eigenvalue weighted by Crippen LogP contribution is 2.31. The molecule has 0 bridgehead atoms. The molecule has 11 heteroatoms. The molecule has 4 rings (SSSR count). The first-order valence-electron chi connectivity index (χ1n) is 7.75. The summed E-state index contributed by atoms with van der Waals surface area (Å²) in [6.45, 7) is 2.44. The van der Waals surface area contributed by atoms with Gasteiger partial charge in [-0.3, -0.25) is 13.9 Å². The SMILES string of the molecule is Cc1nnc2c(Cl)cc(-c3nn4c(c3C(N)=O)CN(C(=O)O)CC4)cn12. The van der Waals surface area contributed by atoms with Crippen LogP contribution in [0.1, 0.15) is 21.9 Å². The second kappa shape index (κ2) is 5.70. The van der Waals surface area contributed by atoms with Gasteiger partial charge < -0.3 is 15.7 Å². The summed E-state index contributed by atoms with van der Waals surface area (Å²) in [6.07, 6.45) is 0.672. The molecule has 1 aliphatic rings. The number of fused-ring (bicyclic) bond motifs is 2. The number of rotatable bonds is 2. The molecule has 3 aromatic heterocycles. The third-order valence-electron chi connectivity index (χ3n) is 4.40. The Morgan fingerprint density at radius 3 is 2.77 bits per heavy atom. The lowest BCUT2D eigenvalue weighted by Crippen LogP contribution is -2.38. The summed E-state index contributed by atoms with van der Waals surface area (Å²) in [5, 5.41) is 22.0. The number of nitrogens with two attached hydrogens (primary N) is 1. The van der Waals surface area contributed by atoms with Crippen molar-refractivity contribution in [3.63, 3.8) is 0 Å². The fourth-order valence-corrected chi connectivity index (χ4v) is 3.38. The van der Waals surface area contributed by atoms with Crippen molar-refractivity contribution in [3.8, 4) is 11.3 Å². The maximum atomic E-state index is 12.1. The number of halogens is 1. The van der Waals surface area contributed by atoms with Crippen LogP contribution in [0.4, 0.5) is 4.79 Å². The Bertz CT molecular complexity index is 1070. The molecule has 134 valence electrons. The highest BCUT2D eigenvalue weighted by Gasteiger charge is 2.29. The first kappa shape index (κ1) is 16.3. The number of hydrogen-bond acceptors (Lipinski definition) is 5. The first-order valence-corrected chi connectivity index (χ1v) is 8.13. The molecule has 0 radical (unpaired) electrons. The molecule has 26 heavy (non-hydrogen) atoms. The van der Waals surface area contributed by atoms with Crippen molar-refractivity contribution in [3.05, 3.63) is 34.4 Å². The molecular weight excluding hydrogens is 362 g/mol. The van der Waals surface area contributed by atoms with Crippen LogP contribution < -0.4 is 5.73 Å². The van der Waals surface area contributed by atoms with Gasteiger partial charge in [-0.25, -0.2) is 4.79 Å². The van der Waals surface area contributed by atoms with E-state index >= 15 is 0 Å². The van der Waals surface area contributed by atoms with Gasteiger partial charge in [-0.2, -0.15) is 5.10 Å². The predicted octanol–water partition coefficient (Wildman–Crippen LogP) is 1.15. The van der Waals surface area contributed by atoms with Crippen molar-refractivity contribution < 1.29 is 14.7 Å². The van der Waals surface area contributed by atoms with Crippen LogP contribution in [0.5, 0.6) is 0 Å². The zero-order valence-electron chi connectivity index (χ0n) is 13.7. The minimum Gasteiger partial charge on any atom is -0.465 e. The number of hydrogen-bond donors (Lipinski definition) is 2. The maximum absolute atomic E-state index is 12.1. The largest absolute Gasteiger partial charge is 0.465 e. The van der Waals surface area contributed by atoms with Crippen LogP contribution >= 0.6 is 11.6 Å². The van der Waals surface area contributed by atoms with Crippen LogP contribution in [-0.2, 0) is 13.1 Å². The number of pyridine rings is 1. The van der Waals surface area contributed by atoms with Gasteiger partial charge in [0.1, 0.15) is 11.5 Å². The van der Waals surface area contributed by atoms with Crippen molar-refractivity contribution in [2.75, 3.05) is 6.54 Å². The minimum absolute atomic E-state index is 0.0439. The number of carboxylic acid groups (broad SMARTS) is 1. The number of aromatic nitrogens is 5. The average molecular weight is 376 g/mol. The summed E-state index contributed by atoms with van der Waals surface area (Å²) in [6, 6.07) is 1.64. The predicted molar refractivity (Wildman–Crippen MR) is 90.9 cm³/mol. The highest BCUT2D eigenvalue weighted by molar-refractivity contribution is 6.33. The van der Waals surface area contributed by atoms with Gasteiger partial charge in [0.05, 0.1) is 29.4 Å². The van der Waals surface area contributed by atoms with Crippen molar-refractivity contribution >= 4 is 29.2 Å². The Balaban J connectivity index is 1.92. The van der Waals surface area contributed by atoms with Gasteiger partial charge in [-0.05, 0) is 13.0 Å². The second-order valence-corrected chi connectivity index (χ2v) is 6.39. The topological polar surface area (TPSA) is 132 Å². The summed E-state index contributed by atoms with van der Waals surface area (Å²) in [7, 11) is 0. The Labute approximate surface area is 151 Å². The third-order valence-corrected chi connectivity index (χ3v) is 4.68. The molecule has 0 saturated heterocycles. The maximum Gasteiger partial charge on any atom is 0.407 e. The highest BCUT2D eigenvalue weighted by atomic mass is 35.5. The van der Waals surface area contributed by atoms with Crippen molar-refractivity contribution in [2.45, 2.75) is 20.0 Å². The molecular formula is C15H14ClN7O3. The van der Waals surface area contributed by atoms with Gasteiger partial charge in [0.15, 0.2) is 5.65 Å². The van der Waals surface area contributed by atoms with Crippen LogP contribution in [0.15, 0.2) is 12.3 Å². The zero-order valence-corrected chi connectivity index (χ0v) is 14.4. The number of primary amides is 1. The smallest absolute Gasteiger partial charge is 0.407 e. The minimum atomic E-state index is -1.06. The zero-order chi connectivity index (χ0) is 18.6. The van der Waals surface area contributed by atoms with Crippen LogP contribution in [0.2, 0.25) is 5.02 Å². The fourth-order valence-electron chi connectivity index (χ4n) is 3.14. The Morgan fingerprint density at radius 2 is 2.08 bits per heavy atom. The normalized spacial score (nSPS) is 13.8. The third kappa shape index (κ3) is 2.37. The lowest BCUT2D eigenvalue weighted by Gasteiger charge is -2.25. The Kier molecular flexibility index (Phi) is 3.58. The van der Waals surface area contributed by atoms with E-state index in [2.05, 4.69) is 15.3 Å². The van der Waals surface area contributed by atoms with E-state index in [0.717, 1.165) is 0 Å². The van der Waals surface area contributed by atoms with Crippen molar-refractivity contribution in [1.29, 1.82) is 0 Å². The molecule has 10 nitrogen and oxygen atoms in total. The van der Waals surface area contributed by atoms with Crippen LogP contribution in [0.25, 0.3) is 16.9 Å². The molecule has 3 aromatic rings. The second-order valence-electron chi connectivity index (χ2n) is 5.98. The molecule has 0 saturated carbocycles. The van der Waals surface area contributed by atoms with E-state index in [1.165, 1.54) is 4.90 Å². The summed E-state index contributed by atoms with van der Waals surface area (Å²) in [5.74, 6) is -0.0458. The van der Waals surface area contributed by atoms with Gasteiger partial charge in [0.2, 0.25) is 0 Å². The van der Waals surface area contributed by atoms with Gasteiger partial charge in [0.25, 0.3) is 5.91 Å². The molecule has 0 aromatic carbocycles. The van der Waals surface area contributed by atoms with E-state index < -0.39 is 12.0 Å². The Morgan fingerprint density at radius 1 is 1.31 bits per heavy atom. The fraction of sp³-hybridized carbons (Fsp3) is 0.267. The molecule has 0 spiro atoms. The van der Waals surface area contributed by atoms with E-state index in [0.29, 0.717) is 40.0 Å². The van der Waals surface area contributed by atoms with Crippen LogP contribution in [0.3, 0.4) is 0 Å². The summed E-state index contributed by atoms with van der Waals surface area (Å²) in [5.41, 5.74) is 7.67. The number of carbonyl (C=O) groups is 2. The molecule has 0 fully saturated rings. The monoisotopic (exact) mass is 375 g/mol. The summed E-state index contributed by atoms with van der Waals surface area (Å²) < 4.78 is 3.32. The molecule has 2 amide bonds. The van der Waals surface area contributed by atoms with Gasteiger partial charge in [-0.1, -0.05) is 11.6 Å². The summed E-state index contributed by atoms with van der Waals surface area (Å²) in [4.78, 5) is 24.6. The molecule has 1 aliphatic heterocycles. The van der Waals surface area contributed by atoms with E-state index in [9.17, 15) is 14.7 Å². The quantitative estimate of drug-likeness (QED) is 0.690. The molecule has 4 heterocycles. The molecule has 0 aliphatic carbocycles. The van der Waals surface area contributed by atoms with Crippen molar-refractivity contribution in [1.82, 2.24) is 29.3 Å². The number of aryl methyl sites for hydroxylation is 1. The van der Waals surface area contributed by atoms with E-state index in [-0.39, 0.29) is 18.7 Å². The standard InChI is InChI=1S/C15H14ClN7O3/c1-7-18-19-14-9(16)4-8(5-22(7)14)12-11(13(17)24)10-6-21(15(25)26)2-3-23(10)20-12/h4-5H,2-3,6H2,1H3,(H2,17,24)(H,25,26). The number of carbonyl (C=O) groups excluding carboxylic acids is 1. The number of amides is 2. The summed E-state index contributed by atoms with van der Waals surface area (Å²) >= 11 is 6.29. The molecule has 0 atom stereocenters. The Hall–Kier alpha value is -3.14. The lowest BCUT2D eigenvalue weighted by molar-refractivity contribution is 0.0993. The van der Waals surface area contributed by atoms with Gasteiger partial charge in [-0.15, -0.1) is 10.2 Å². The van der Waals surface area contributed by atoms with E-state index in [1.807, 2.05) is 0 Å². The van der Waals surface area contributed by atoms with Gasteiger partial charge in [0, 0.05) is 18.3 Å².